The summed E-state index contributed by atoms with van der Waals surface area (Å²) in [7, 11) is 5.31. The molecule has 0 spiro atoms. The molecule has 12 aliphatic rings. The minimum absolute atomic E-state index is 0.0757. The van der Waals surface area contributed by atoms with E-state index in [9.17, 15) is 18.0 Å². The minimum atomic E-state index is -1.88. The van der Waals surface area contributed by atoms with Crippen LogP contribution < -0.4 is 40.9 Å². The SMILES string of the molecule is C=S1(=O)CCN(c2cccc3c2C[C@@H](CN(C)[C@H]2CCCc4cccnc42)NC3)CC1.C=S1(=O)CCN(c2cccc3c2C[C@H](CN(C)[C@H]2CCCc4cccnc42)NC3)CC1.CN(C[C@@H]1Cc2c(cccc2N2CCC(CC(=O)OCc3ccccc3)CC2)CN1)[C@H]1CCCc2cccnc21.CN(C[C@H]1Cc2c(cccc2N2CCC(CC(=O)OCc3ccccc3)CC2)CN1)[C@H]1CCCc2cccnc21. The van der Waals surface area contributed by atoms with Gasteiger partial charge in [0.25, 0.3) is 0 Å². The maximum absolute atomic E-state index is 12.5. The fourth-order valence-corrected chi connectivity index (χ4v) is 27.5. The molecule has 8 aliphatic heterocycles. The molecule has 10 aromatic rings. The Labute approximate surface area is 845 Å². The van der Waals surface area contributed by atoms with Crippen molar-refractivity contribution >= 4 is 65.5 Å². The third kappa shape index (κ3) is 25.3. The molecule has 12 heterocycles. The molecule has 4 aromatic heterocycles. The summed E-state index contributed by atoms with van der Waals surface area (Å²) in [6.07, 6.45) is 31.4. The first kappa shape index (κ1) is 100. The number of likely N-dealkylation sites (N-methyl/N-ethyl adjacent to an activating group) is 4. The van der Waals surface area contributed by atoms with Crippen molar-refractivity contribution in [1.82, 2.24) is 60.8 Å². The molecule has 24 heteroatoms. The number of esters is 2. The number of aryl methyl sites for hydroxylation is 4. The number of nitrogens with one attached hydrogen (secondary N) is 4. The molecule has 0 saturated carbocycles. The van der Waals surface area contributed by atoms with E-state index in [0.29, 0.717) is 109 Å². The van der Waals surface area contributed by atoms with Crippen LogP contribution in [0.2, 0.25) is 0 Å². The lowest BCUT2D eigenvalue weighted by Gasteiger charge is -2.39. The van der Waals surface area contributed by atoms with Crippen molar-refractivity contribution in [2.45, 2.75) is 229 Å². The van der Waals surface area contributed by atoms with Crippen LogP contribution in [0.5, 0.6) is 0 Å². The summed E-state index contributed by atoms with van der Waals surface area (Å²) in [6, 6.07) is 67.4. The monoisotopic (exact) mass is 1950 g/mol. The molecule has 22 rings (SSSR count). The summed E-state index contributed by atoms with van der Waals surface area (Å²) in [5.74, 6) is 11.3. The average Bonchev–Trinajstić information content (AvgIpc) is 0.788. The van der Waals surface area contributed by atoms with Gasteiger partial charge < -0.3 is 50.3 Å². The number of hydrogen-bond donors (Lipinski definition) is 4. The van der Waals surface area contributed by atoms with Gasteiger partial charge in [0.05, 0.1) is 46.9 Å². The maximum atomic E-state index is 12.5. The maximum Gasteiger partial charge on any atom is 0.306 e. The van der Waals surface area contributed by atoms with Crippen molar-refractivity contribution in [2.75, 3.05) is 149 Å². The van der Waals surface area contributed by atoms with Gasteiger partial charge >= 0.3 is 11.9 Å². The number of pyridine rings is 4. The molecule has 22 nitrogen and oxygen atoms in total. The molecule has 4 fully saturated rings. The molecule has 8 atom stereocenters. The number of ether oxygens (including phenoxy) is 2. The molecule has 4 N–H and O–H groups in total. The van der Waals surface area contributed by atoms with Gasteiger partial charge in [0.1, 0.15) is 13.2 Å². The molecular formula is C118H152N16O6S2. The van der Waals surface area contributed by atoms with E-state index in [1.165, 1.54) is 164 Å². The Morgan fingerprint density at radius 1 is 0.331 bits per heavy atom. The molecule has 6 aromatic carbocycles. The second kappa shape index (κ2) is 47.3. The number of anilines is 4. The normalized spacial score (nSPS) is 22.9. The van der Waals surface area contributed by atoms with Crippen molar-refractivity contribution in [3.05, 3.63) is 307 Å². The fourth-order valence-electron chi connectivity index (χ4n) is 24.9. The first-order valence-corrected chi connectivity index (χ1v) is 57.4. The molecule has 0 unspecified atom stereocenters. The van der Waals surface area contributed by atoms with E-state index in [0.717, 1.165) is 193 Å². The third-order valence-corrected chi connectivity index (χ3v) is 36.6. The van der Waals surface area contributed by atoms with E-state index in [1.54, 1.807) is 0 Å². The highest BCUT2D eigenvalue weighted by Gasteiger charge is 2.38. The lowest BCUT2D eigenvalue weighted by Crippen LogP contribution is -2.46. The lowest BCUT2D eigenvalue weighted by molar-refractivity contribution is -0.147. The fraction of sp³-hybridized carbons (Fsp3) is 0.492. The Hall–Kier alpha value is -10.2. The third-order valence-electron chi connectivity index (χ3n) is 32.9. The van der Waals surface area contributed by atoms with Crippen molar-refractivity contribution < 1.29 is 27.5 Å². The summed E-state index contributed by atoms with van der Waals surface area (Å²) >= 11 is 0. The number of rotatable bonds is 24. The molecule has 0 radical (unpaired) electrons. The van der Waals surface area contributed by atoms with Crippen LogP contribution in [0.3, 0.4) is 0 Å². The van der Waals surface area contributed by atoms with Gasteiger partial charge in [-0.15, -0.1) is 0 Å². The Kier molecular flexibility index (Phi) is 33.5. The molecular weight excluding hydrogens is 1800 g/mol. The van der Waals surface area contributed by atoms with E-state index >= 15 is 0 Å². The van der Waals surface area contributed by atoms with Gasteiger partial charge in [-0.2, -0.15) is 0 Å². The van der Waals surface area contributed by atoms with E-state index in [-0.39, 0.29) is 11.9 Å². The number of piperidine rings is 2. The van der Waals surface area contributed by atoms with E-state index < -0.39 is 19.0 Å². The van der Waals surface area contributed by atoms with Crippen LogP contribution in [0.4, 0.5) is 22.7 Å². The summed E-state index contributed by atoms with van der Waals surface area (Å²) in [5.41, 5.74) is 29.9. The van der Waals surface area contributed by atoms with Gasteiger partial charge in [-0.25, -0.2) is 0 Å². The highest BCUT2D eigenvalue weighted by Crippen LogP contribution is 2.42. The number of carbonyl (C=O) groups is 2. The van der Waals surface area contributed by atoms with Gasteiger partial charge in [0.2, 0.25) is 0 Å². The van der Waals surface area contributed by atoms with Crippen molar-refractivity contribution in [3.63, 3.8) is 0 Å². The summed E-state index contributed by atoms with van der Waals surface area (Å²) in [5, 5.41) is 15.2. The molecule has 4 saturated heterocycles. The summed E-state index contributed by atoms with van der Waals surface area (Å²) in [6.45, 7) is 15.8. The van der Waals surface area contributed by atoms with Crippen molar-refractivity contribution in [3.8, 4) is 0 Å². The van der Waals surface area contributed by atoms with Crippen LogP contribution in [0.25, 0.3) is 0 Å². The van der Waals surface area contributed by atoms with Crippen LogP contribution in [0.15, 0.2) is 207 Å². The van der Waals surface area contributed by atoms with E-state index in [2.05, 4.69) is 222 Å². The van der Waals surface area contributed by atoms with Gasteiger partial charge in [0, 0.05) is 212 Å². The topological polar surface area (TPSA) is 212 Å². The second-order valence-electron chi connectivity index (χ2n) is 42.7. The van der Waals surface area contributed by atoms with Crippen molar-refractivity contribution in [1.29, 1.82) is 0 Å². The molecule has 0 amide bonds. The van der Waals surface area contributed by atoms with Crippen LogP contribution in [-0.4, -0.2) is 226 Å². The largest absolute Gasteiger partial charge is 0.461 e. The van der Waals surface area contributed by atoms with Gasteiger partial charge in [-0.3, -0.25) is 57.5 Å². The first-order valence-electron chi connectivity index (χ1n) is 53.2. The highest BCUT2D eigenvalue weighted by atomic mass is 32.2. The van der Waals surface area contributed by atoms with Crippen LogP contribution in [0.1, 0.15) is 215 Å². The molecule has 752 valence electrons. The van der Waals surface area contributed by atoms with Crippen molar-refractivity contribution in [2.24, 2.45) is 11.8 Å². The standard InChI is InChI=1S/2C34H42N4O2.2C25H34N4OS/c2*1-37(32-14-5-10-27-12-7-17-35-34(27)32)23-29-21-30-28(22-36-29)11-6-13-31(30)38-18-15-25(16-19-38)20-33(39)40-24-26-8-3-2-4-9-26;2*1-28(24-10-3-6-19-8-5-11-26-25(19)24)18-21-16-22-20(17-27-21)7-4-9-23(22)29-12-14-31(2,30)15-13-29/h2*2-4,6-9,11-13,17,25,29,32,36H,5,10,14-16,18-24H2,1H3;2*4-5,7-9,11,21,24,27H,2-3,6,10,12-18H2,1H3/t29-,32+;29-,32-;21-,24+;21-,24-/m1010/s1. The van der Waals surface area contributed by atoms with Gasteiger partial charge in [-0.1, -0.05) is 133 Å². The lowest BCUT2D eigenvalue weighted by atomic mass is 9.89. The molecule has 4 aliphatic carbocycles. The van der Waals surface area contributed by atoms with Crippen LogP contribution in [-0.2, 0) is 129 Å². The number of aromatic nitrogens is 4. The summed E-state index contributed by atoms with van der Waals surface area (Å²) in [4.78, 5) is 64.0. The number of hydrogen-bond acceptors (Lipinski definition) is 22. The van der Waals surface area contributed by atoms with Gasteiger partial charge in [0.15, 0.2) is 0 Å². The molecule has 142 heavy (non-hydrogen) atoms. The molecule has 0 bridgehead atoms. The zero-order valence-corrected chi connectivity index (χ0v) is 86.2. The number of fused-ring (bicyclic) bond motifs is 8. The Morgan fingerprint density at radius 2 is 0.585 bits per heavy atom. The predicted molar refractivity (Wildman–Crippen MR) is 579 cm³/mol. The Bertz CT molecular complexity index is 5760. The average molecular weight is 1950 g/mol. The highest BCUT2D eigenvalue weighted by molar-refractivity contribution is 8.00. The predicted octanol–water partition coefficient (Wildman–Crippen LogP) is 16.2. The van der Waals surface area contributed by atoms with E-state index in [1.807, 2.05) is 85.5 Å². The number of carbonyl (C=O) groups excluding carboxylic acids is 2. The number of benzene rings is 6. The smallest absolute Gasteiger partial charge is 0.306 e. The zero-order chi connectivity index (χ0) is 97.5. The van der Waals surface area contributed by atoms with Crippen LogP contribution in [0, 0.1) is 11.8 Å². The Morgan fingerprint density at radius 3 is 0.852 bits per heavy atom. The summed E-state index contributed by atoms with van der Waals surface area (Å²) < 4.78 is 35.8. The quantitative estimate of drug-likeness (QED) is 0.0327. The zero-order valence-electron chi connectivity index (χ0n) is 84.6. The Balaban J connectivity index is 0.000000121. The van der Waals surface area contributed by atoms with Gasteiger partial charge in [-0.05, 0) is 326 Å². The first-order chi connectivity index (χ1) is 69.3. The number of nitrogens with zero attached hydrogens (tertiary/aromatic N) is 12. The minimum Gasteiger partial charge on any atom is -0.461 e. The second-order valence-corrected chi connectivity index (χ2v) is 48.1. The van der Waals surface area contributed by atoms with E-state index in [4.69, 9.17) is 29.4 Å². The van der Waals surface area contributed by atoms with Crippen LogP contribution >= 0.6 is 0 Å².